The lowest BCUT2D eigenvalue weighted by Gasteiger charge is -2.08. The first-order valence-corrected chi connectivity index (χ1v) is 5.62. The number of rotatable bonds is 3. The highest BCUT2D eigenvalue weighted by Gasteiger charge is 2.15. The maximum atomic E-state index is 13.4. The molecule has 0 saturated heterocycles. The number of nitrogens with one attached hydrogen (secondary N) is 1. The molecule has 2 rings (SSSR count). The number of nitrogens with zero attached hydrogens (tertiary/aromatic N) is 1. The number of carbonyl (C=O) groups is 1. The minimum atomic E-state index is -1.19. The molecule has 104 valence electrons. The third-order valence-corrected chi connectivity index (χ3v) is 2.53. The summed E-state index contributed by atoms with van der Waals surface area (Å²) in [6.07, 6.45) is 1.36. The molecule has 0 unspecified atom stereocenters. The van der Waals surface area contributed by atoms with E-state index in [0.29, 0.717) is 17.8 Å². The number of hydrogen-bond acceptors (Lipinski definition) is 3. The normalized spacial score (nSPS) is 10.4. The van der Waals surface area contributed by atoms with Crippen LogP contribution < -0.4 is 11.1 Å². The Labute approximate surface area is 112 Å². The van der Waals surface area contributed by atoms with Crippen LogP contribution >= 0.6 is 0 Å². The molecule has 0 fully saturated rings. The number of nitrogens with two attached hydrogens (primary N) is 1. The van der Waals surface area contributed by atoms with E-state index in [1.807, 2.05) is 5.32 Å². The predicted molar refractivity (Wildman–Crippen MR) is 66.4 cm³/mol. The molecule has 0 spiro atoms. The van der Waals surface area contributed by atoms with Crippen molar-refractivity contribution >= 4 is 11.6 Å². The number of halogens is 3. The number of amides is 1. The Morgan fingerprint density at radius 1 is 1.20 bits per heavy atom. The van der Waals surface area contributed by atoms with E-state index in [2.05, 4.69) is 4.98 Å². The van der Waals surface area contributed by atoms with Crippen LogP contribution in [0.15, 0.2) is 30.5 Å². The third kappa shape index (κ3) is 2.94. The van der Waals surface area contributed by atoms with Gasteiger partial charge in [-0.05, 0) is 12.1 Å². The van der Waals surface area contributed by atoms with E-state index in [1.54, 1.807) is 0 Å². The van der Waals surface area contributed by atoms with Crippen molar-refractivity contribution in [3.05, 3.63) is 59.2 Å². The lowest BCUT2D eigenvalue weighted by molar-refractivity contribution is 0.102. The highest BCUT2D eigenvalue weighted by molar-refractivity contribution is 6.04. The summed E-state index contributed by atoms with van der Waals surface area (Å²) in [5, 5.41) is 2.05. The van der Waals surface area contributed by atoms with Gasteiger partial charge in [0.2, 0.25) is 0 Å². The first-order valence-electron chi connectivity index (χ1n) is 5.62. The molecule has 0 atom stereocenters. The fourth-order valence-electron chi connectivity index (χ4n) is 1.58. The third-order valence-electron chi connectivity index (χ3n) is 2.53. The molecule has 4 nitrogen and oxygen atoms in total. The maximum absolute atomic E-state index is 13.4. The Bertz CT molecular complexity index is 638. The van der Waals surface area contributed by atoms with Gasteiger partial charge in [-0.25, -0.2) is 13.2 Å². The van der Waals surface area contributed by atoms with Gasteiger partial charge in [0.05, 0.1) is 5.69 Å². The van der Waals surface area contributed by atoms with Crippen LogP contribution in [0.4, 0.5) is 18.9 Å². The van der Waals surface area contributed by atoms with Crippen LogP contribution in [-0.4, -0.2) is 10.9 Å². The van der Waals surface area contributed by atoms with Crippen LogP contribution in [-0.2, 0) is 6.54 Å². The highest BCUT2D eigenvalue weighted by Crippen LogP contribution is 2.20. The number of pyridine rings is 1. The van der Waals surface area contributed by atoms with Gasteiger partial charge in [-0.3, -0.25) is 9.78 Å². The molecule has 1 amide bonds. The van der Waals surface area contributed by atoms with E-state index >= 15 is 0 Å². The molecule has 1 heterocycles. The highest BCUT2D eigenvalue weighted by atomic mass is 19.1. The zero-order chi connectivity index (χ0) is 14.7. The minimum absolute atomic E-state index is 0.125. The zero-order valence-corrected chi connectivity index (χ0v) is 10.2. The number of benzene rings is 1. The topological polar surface area (TPSA) is 68.0 Å². The number of anilines is 1. The quantitative estimate of drug-likeness (QED) is 0.906. The van der Waals surface area contributed by atoms with Crippen LogP contribution in [0.1, 0.15) is 16.1 Å². The molecule has 2 aromatic rings. The molecule has 20 heavy (non-hydrogen) atoms. The van der Waals surface area contributed by atoms with Gasteiger partial charge in [0.25, 0.3) is 5.91 Å². The van der Waals surface area contributed by atoms with Gasteiger partial charge in [-0.15, -0.1) is 0 Å². The van der Waals surface area contributed by atoms with Gasteiger partial charge >= 0.3 is 0 Å². The van der Waals surface area contributed by atoms with Crippen molar-refractivity contribution in [2.75, 3.05) is 5.32 Å². The van der Waals surface area contributed by atoms with Crippen molar-refractivity contribution in [1.29, 1.82) is 0 Å². The van der Waals surface area contributed by atoms with E-state index in [4.69, 9.17) is 5.73 Å². The Kier molecular flexibility index (Phi) is 3.99. The number of carbonyl (C=O) groups excluding carboxylic acids is 1. The fourth-order valence-corrected chi connectivity index (χ4v) is 1.58. The fraction of sp³-hybridized carbons (Fsp3) is 0.0769. The summed E-state index contributed by atoms with van der Waals surface area (Å²) in [7, 11) is 0. The first kappa shape index (κ1) is 14.0. The van der Waals surface area contributed by atoms with E-state index in [0.717, 1.165) is 0 Å². The van der Waals surface area contributed by atoms with E-state index in [9.17, 15) is 18.0 Å². The summed E-state index contributed by atoms with van der Waals surface area (Å²) in [4.78, 5) is 15.8. The molecular formula is C13H10F3N3O. The molecular weight excluding hydrogens is 271 g/mol. The Morgan fingerprint density at radius 2 is 1.85 bits per heavy atom. The summed E-state index contributed by atoms with van der Waals surface area (Å²) in [5.74, 6) is -4.19. The second kappa shape index (κ2) is 5.70. The first-order chi connectivity index (χ1) is 9.51. The Hall–Kier alpha value is -2.41. The zero-order valence-electron chi connectivity index (χ0n) is 10.2. The molecule has 1 aromatic heterocycles. The molecule has 0 aliphatic carbocycles. The summed E-state index contributed by atoms with van der Waals surface area (Å²) in [5.41, 5.74) is 5.27. The summed E-state index contributed by atoms with van der Waals surface area (Å²) in [6, 6.07) is 3.73. The monoisotopic (exact) mass is 281 g/mol. The van der Waals surface area contributed by atoms with Crippen molar-refractivity contribution in [2.24, 2.45) is 5.73 Å². The summed E-state index contributed by atoms with van der Waals surface area (Å²) >= 11 is 0. The second-order valence-corrected chi connectivity index (χ2v) is 3.94. The van der Waals surface area contributed by atoms with Gasteiger partial charge in [0.1, 0.15) is 11.5 Å². The van der Waals surface area contributed by atoms with Gasteiger partial charge in [-0.2, -0.15) is 0 Å². The average molecular weight is 281 g/mol. The molecule has 0 radical (unpaired) electrons. The predicted octanol–water partition coefficient (Wildman–Crippen LogP) is 2.21. The molecule has 7 heteroatoms. The minimum Gasteiger partial charge on any atom is -0.325 e. The molecule has 0 aliphatic heterocycles. The van der Waals surface area contributed by atoms with Crippen molar-refractivity contribution in [3.8, 4) is 0 Å². The lowest BCUT2D eigenvalue weighted by atomic mass is 10.2. The molecule has 0 bridgehead atoms. The number of hydrogen-bond donors (Lipinski definition) is 2. The maximum Gasteiger partial charge on any atom is 0.255 e. The average Bonchev–Trinajstić information content (AvgIpc) is 2.42. The Balaban J connectivity index is 2.28. The molecule has 0 saturated carbocycles. The van der Waals surface area contributed by atoms with Crippen LogP contribution in [0.2, 0.25) is 0 Å². The van der Waals surface area contributed by atoms with Crippen molar-refractivity contribution in [1.82, 2.24) is 4.98 Å². The molecule has 0 aliphatic rings. The van der Waals surface area contributed by atoms with Gasteiger partial charge in [-0.1, -0.05) is 0 Å². The summed E-state index contributed by atoms with van der Waals surface area (Å²) < 4.78 is 39.6. The SMILES string of the molecule is NCc1cc(C(=O)Nc2c(F)cc(F)cc2F)ccn1. The van der Waals surface area contributed by atoms with Crippen molar-refractivity contribution in [3.63, 3.8) is 0 Å². The van der Waals surface area contributed by atoms with Gasteiger partial charge in [0, 0.05) is 30.4 Å². The van der Waals surface area contributed by atoms with Crippen LogP contribution in [0.5, 0.6) is 0 Å². The second-order valence-electron chi connectivity index (χ2n) is 3.94. The lowest BCUT2D eigenvalue weighted by Crippen LogP contribution is -2.15. The van der Waals surface area contributed by atoms with Crippen LogP contribution in [0.3, 0.4) is 0 Å². The van der Waals surface area contributed by atoms with E-state index in [1.165, 1.54) is 18.3 Å². The number of aromatic nitrogens is 1. The van der Waals surface area contributed by atoms with Crippen molar-refractivity contribution in [2.45, 2.75) is 6.54 Å². The van der Waals surface area contributed by atoms with Crippen LogP contribution in [0.25, 0.3) is 0 Å². The molecule has 1 aromatic carbocycles. The largest absolute Gasteiger partial charge is 0.325 e. The van der Waals surface area contributed by atoms with Crippen molar-refractivity contribution < 1.29 is 18.0 Å². The standard InChI is InChI=1S/C13H10F3N3O/c14-8-4-10(15)12(11(16)5-8)19-13(20)7-1-2-18-9(3-7)6-17/h1-5H,6,17H2,(H,19,20). The van der Waals surface area contributed by atoms with Gasteiger partial charge in [0.15, 0.2) is 11.6 Å². The van der Waals surface area contributed by atoms with Gasteiger partial charge < -0.3 is 11.1 Å². The van der Waals surface area contributed by atoms with E-state index in [-0.39, 0.29) is 12.1 Å². The summed E-state index contributed by atoms with van der Waals surface area (Å²) in [6.45, 7) is 0.125. The van der Waals surface area contributed by atoms with E-state index < -0.39 is 29.0 Å². The Morgan fingerprint density at radius 3 is 2.45 bits per heavy atom. The van der Waals surface area contributed by atoms with Crippen LogP contribution in [0, 0.1) is 17.5 Å². The smallest absolute Gasteiger partial charge is 0.255 e. The molecule has 3 N–H and O–H groups in total.